The summed E-state index contributed by atoms with van der Waals surface area (Å²) in [7, 11) is 3.59. The maximum absolute atomic E-state index is 12.7. The topological polar surface area (TPSA) is 61.4 Å². The van der Waals surface area contributed by atoms with Gasteiger partial charge in [0.2, 0.25) is 5.91 Å². The van der Waals surface area contributed by atoms with Gasteiger partial charge in [0, 0.05) is 25.2 Å². The maximum Gasteiger partial charge on any atom is 0.251 e. The van der Waals surface area contributed by atoms with E-state index in [0.717, 1.165) is 12.0 Å². The molecule has 1 aromatic carbocycles. The highest BCUT2D eigenvalue weighted by Crippen LogP contribution is 2.29. The van der Waals surface area contributed by atoms with E-state index in [4.69, 9.17) is 0 Å². The van der Waals surface area contributed by atoms with E-state index in [1.807, 2.05) is 43.1 Å². The zero-order chi connectivity index (χ0) is 19.3. The summed E-state index contributed by atoms with van der Waals surface area (Å²) in [5, 5.41) is 5.88. The molecule has 0 heterocycles. The van der Waals surface area contributed by atoms with E-state index >= 15 is 0 Å². The number of likely N-dealkylation sites (N-methyl/N-ethyl adjacent to an activating group) is 1. The van der Waals surface area contributed by atoms with Crippen LogP contribution in [0.25, 0.3) is 0 Å². The minimum Gasteiger partial charge on any atom is -0.355 e. The highest BCUT2D eigenvalue weighted by Gasteiger charge is 2.30. The van der Waals surface area contributed by atoms with Crippen molar-refractivity contribution in [2.75, 3.05) is 14.1 Å². The van der Waals surface area contributed by atoms with Crippen molar-refractivity contribution in [1.29, 1.82) is 0 Å². The summed E-state index contributed by atoms with van der Waals surface area (Å²) in [4.78, 5) is 26.3. The predicted molar refractivity (Wildman–Crippen MR) is 105 cm³/mol. The van der Waals surface area contributed by atoms with Gasteiger partial charge in [-0.25, -0.2) is 0 Å². The highest BCUT2D eigenvalue weighted by atomic mass is 16.2. The molecule has 26 heavy (non-hydrogen) atoms. The SMILES string of the molecule is CNC(=O)c1ccc(CN(C)[C@H](C)C(=O)N[C@H]2CCC[C@H](C)[C@H]2C)cc1. The molecule has 2 rings (SSSR count). The summed E-state index contributed by atoms with van der Waals surface area (Å²) in [6, 6.07) is 7.61. The summed E-state index contributed by atoms with van der Waals surface area (Å²) in [5.74, 6) is 1.21. The molecule has 0 saturated heterocycles. The Morgan fingerprint density at radius 3 is 2.46 bits per heavy atom. The lowest BCUT2D eigenvalue weighted by atomic mass is 9.78. The number of rotatable bonds is 6. The van der Waals surface area contributed by atoms with Crippen molar-refractivity contribution in [2.24, 2.45) is 11.8 Å². The third-order valence-electron chi connectivity index (χ3n) is 5.95. The van der Waals surface area contributed by atoms with Crippen LogP contribution in [0, 0.1) is 11.8 Å². The van der Waals surface area contributed by atoms with Crippen molar-refractivity contribution in [2.45, 2.75) is 58.7 Å². The summed E-state index contributed by atoms with van der Waals surface area (Å²) in [5.41, 5.74) is 1.73. The molecule has 1 aromatic rings. The van der Waals surface area contributed by atoms with Crippen LogP contribution in [0.1, 0.15) is 56.0 Å². The van der Waals surface area contributed by atoms with E-state index in [1.54, 1.807) is 7.05 Å². The first-order chi connectivity index (χ1) is 12.3. The Kier molecular flexibility index (Phi) is 7.21. The molecule has 0 aromatic heterocycles. The monoisotopic (exact) mass is 359 g/mol. The summed E-state index contributed by atoms with van der Waals surface area (Å²) >= 11 is 0. The number of nitrogens with one attached hydrogen (secondary N) is 2. The molecule has 0 unspecified atom stereocenters. The number of carbonyl (C=O) groups excluding carboxylic acids is 2. The molecule has 0 spiro atoms. The fourth-order valence-corrected chi connectivity index (χ4v) is 3.62. The van der Waals surface area contributed by atoms with Crippen LogP contribution >= 0.6 is 0 Å². The van der Waals surface area contributed by atoms with Crippen LogP contribution in [-0.2, 0) is 11.3 Å². The van der Waals surface area contributed by atoms with Gasteiger partial charge in [-0.05, 0) is 49.9 Å². The molecule has 1 fully saturated rings. The first-order valence-corrected chi connectivity index (χ1v) is 9.65. The number of hydrogen-bond acceptors (Lipinski definition) is 3. The quantitative estimate of drug-likeness (QED) is 0.821. The molecule has 0 aliphatic heterocycles. The molecule has 2 amide bonds. The summed E-state index contributed by atoms with van der Waals surface area (Å²) < 4.78 is 0. The van der Waals surface area contributed by atoms with E-state index < -0.39 is 0 Å². The average molecular weight is 360 g/mol. The lowest BCUT2D eigenvalue weighted by Crippen LogP contribution is -2.50. The Morgan fingerprint density at radius 2 is 1.85 bits per heavy atom. The van der Waals surface area contributed by atoms with Gasteiger partial charge in [0.1, 0.15) is 0 Å². The van der Waals surface area contributed by atoms with Crippen LogP contribution in [0.4, 0.5) is 0 Å². The van der Waals surface area contributed by atoms with E-state index in [-0.39, 0.29) is 23.9 Å². The number of benzene rings is 1. The molecular weight excluding hydrogens is 326 g/mol. The second-order valence-electron chi connectivity index (χ2n) is 7.75. The molecule has 1 aliphatic rings. The minimum atomic E-state index is -0.196. The lowest BCUT2D eigenvalue weighted by molar-refractivity contribution is -0.127. The number of nitrogens with zero attached hydrogens (tertiary/aromatic N) is 1. The van der Waals surface area contributed by atoms with Gasteiger partial charge in [-0.2, -0.15) is 0 Å². The third kappa shape index (κ3) is 5.07. The van der Waals surface area contributed by atoms with Crippen molar-refractivity contribution >= 4 is 11.8 Å². The van der Waals surface area contributed by atoms with Crippen LogP contribution in [0.15, 0.2) is 24.3 Å². The smallest absolute Gasteiger partial charge is 0.251 e. The normalized spacial score (nSPS) is 24.2. The zero-order valence-corrected chi connectivity index (χ0v) is 16.7. The van der Waals surface area contributed by atoms with Crippen molar-refractivity contribution < 1.29 is 9.59 Å². The van der Waals surface area contributed by atoms with E-state index in [0.29, 0.717) is 23.9 Å². The van der Waals surface area contributed by atoms with Gasteiger partial charge >= 0.3 is 0 Å². The van der Waals surface area contributed by atoms with Gasteiger partial charge in [0.25, 0.3) is 5.91 Å². The van der Waals surface area contributed by atoms with Gasteiger partial charge < -0.3 is 10.6 Å². The lowest BCUT2D eigenvalue weighted by Gasteiger charge is -2.36. The fourth-order valence-electron chi connectivity index (χ4n) is 3.62. The Labute approximate surface area is 157 Å². The molecule has 0 bridgehead atoms. The molecule has 2 N–H and O–H groups in total. The van der Waals surface area contributed by atoms with Crippen molar-refractivity contribution in [3.05, 3.63) is 35.4 Å². The Morgan fingerprint density at radius 1 is 1.19 bits per heavy atom. The Bertz CT molecular complexity index is 614. The van der Waals surface area contributed by atoms with Gasteiger partial charge in [0.05, 0.1) is 6.04 Å². The fraction of sp³-hybridized carbons (Fsp3) is 0.619. The number of hydrogen-bond donors (Lipinski definition) is 2. The van der Waals surface area contributed by atoms with Gasteiger partial charge in [-0.1, -0.05) is 38.8 Å². The van der Waals surface area contributed by atoms with E-state index in [2.05, 4.69) is 24.5 Å². The molecular formula is C21H33N3O2. The standard InChI is InChI=1S/C21H33N3O2/c1-14-7-6-8-19(15(14)2)23-20(25)16(3)24(5)13-17-9-11-18(12-10-17)21(26)22-4/h9-12,14-16,19H,6-8,13H2,1-5H3,(H,22,26)(H,23,25)/t14-,15+,16+,19-/m0/s1. The third-order valence-corrected chi connectivity index (χ3v) is 5.95. The predicted octanol–water partition coefficient (Wildman–Crippen LogP) is 2.81. The second-order valence-corrected chi connectivity index (χ2v) is 7.75. The molecule has 0 radical (unpaired) electrons. The first kappa shape index (κ1) is 20.4. The minimum absolute atomic E-state index is 0.0894. The van der Waals surface area contributed by atoms with Crippen LogP contribution in [0.3, 0.4) is 0 Å². The van der Waals surface area contributed by atoms with Gasteiger partial charge in [-0.3, -0.25) is 14.5 Å². The molecule has 5 heteroatoms. The zero-order valence-electron chi connectivity index (χ0n) is 16.7. The number of amides is 2. The molecule has 1 aliphatic carbocycles. The van der Waals surface area contributed by atoms with Crippen LogP contribution in [-0.4, -0.2) is 42.9 Å². The van der Waals surface area contributed by atoms with Crippen molar-refractivity contribution in [3.63, 3.8) is 0 Å². The van der Waals surface area contributed by atoms with Crippen molar-refractivity contribution in [1.82, 2.24) is 15.5 Å². The van der Waals surface area contributed by atoms with Crippen LogP contribution < -0.4 is 10.6 Å². The van der Waals surface area contributed by atoms with E-state index in [9.17, 15) is 9.59 Å². The first-order valence-electron chi connectivity index (χ1n) is 9.65. The number of carbonyl (C=O) groups is 2. The second kappa shape index (κ2) is 9.17. The van der Waals surface area contributed by atoms with Crippen molar-refractivity contribution in [3.8, 4) is 0 Å². The largest absolute Gasteiger partial charge is 0.355 e. The molecule has 1 saturated carbocycles. The van der Waals surface area contributed by atoms with E-state index in [1.165, 1.54) is 12.8 Å². The van der Waals surface area contributed by atoms with Crippen LogP contribution in [0.2, 0.25) is 0 Å². The maximum atomic E-state index is 12.7. The Hall–Kier alpha value is -1.88. The summed E-state index contributed by atoms with van der Waals surface area (Å²) in [6.07, 6.45) is 3.53. The highest BCUT2D eigenvalue weighted by molar-refractivity contribution is 5.93. The molecule has 5 nitrogen and oxygen atoms in total. The average Bonchev–Trinajstić information content (AvgIpc) is 2.64. The van der Waals surface area contributed by atoms with Gasteiger partial charge in [0.15, 0.2) is 0 Å². The van der Waals surface area contributed by atoms with Crippen LogP contribution in [0.5, 0.6) is 0 Å². The summed E-state index contributed by atoms with van der Waals surface area (Å²) in [6.45, 7) is 7.14. The van der Waals surface area contributed by atoms with Gasteiger partial charge in [-0.15, -0.1) is 0 Å². The Balaban J connectivity index is 1.90. The molecule has 144 valence electrons. The molecule has 4 atom stereocenters.